The van der Waals surface area contributed by atoms with Crippen molar-refractivity contribution in [2.24, 2.45) is 5.92 Å². The molecule has 0 aromatic heterocycles. The van der Waals surface area contributed by atoms with Crippen LogP contribution < -0.4 is 10.6 Å². The zero-order valence-corrected chi connectivity index (χ0v) is 23.0. The Hall–Kier alpha value is -3.50. The number of benzene rings is 2. The van der Waals surface area contributed by atoms with E-state index in [4.69, 9.17) is 4.74 Å². The molecule has 1 aliphatic rings. The molecule has 4 atom stereocenters. The molecule has 3 rings (SSSR count). The Kier molecular flexibility index (Phi) is 9.68. The highest BCUT2D eigenvalue weighted by molar-refractivity contribution is 5.92. The Morgan fingerprint density at radius 1 is 1.08 bits per heavy atom. The van der Waals surface area contributed by atoms with E-state index in [9.17, 15) is 29.0 Å². The number of rotatable bonds is 8. The van der Waals surface area contributed by atoms with Crippen LogP contribution in [-0.4, -0.2) is 70.0 Å². The predicted octanol–water partition coefficient (Wildman–Crippen LogP) is 3.15. The summed E-state index contributed by atoms with van der Waals surface area (Å²) < 4.78 is 19.4. The standard InChI is InChI=1S/C29H38FN3O6/c1-17(2)25(32-28(38)39-29(3,4)5)27(37)33-15-20(35)14-24(33)26(36)31-23(16-34)19-12-10-18(11-13-19)21-8-6-7-9-22(21)30/h6-13,17,20,23-25,34-35H,14-16H2,1-5H3,(H,31,36)(H,32,38)/t20-,23+,24+,25+/m1/s1. The number of hydrogen-bond donors (Lipinski definition) is 4. The summed E-state index contributed by atoms with van der Waals surface area (Å²) in [6.45, 7) is 8.16. The van der Waals surface area contributed by atoms with Gasteiger partial charge in [0.2, 0.25) is 11.8 Å². The van der Waals surface area contributed by atoms with Gasteiger partial charge in [0.1, 0.15) is 23.5 Å². The normalized spacial score (nSPS) is 18.9. The molecular formula is C29H38FN3O6. The topological polar surface area (TPSA) is 128 Å². The zero-order valence-electron chi connectivity index (χ0n) is 23.0. The molecule has 1 heterocycles. The molecule has 2 aromatic rings. The number of carbonyl (C=O) groups excluding carboxylic acids is 3. The van der Waals surface area contributed by atoms with E-state index < -0.39 is 54.3 Å². The number of aliphatic hydroxyl groups excluding tert-OH is 2. The second-order valence-electron chi connectivity index (χ2n) is 11.1. The highest BCUT2D eigenvalue weighted by Gasteiger charge is 2.43. The van der Waals surface area contributed by atoms with Crippen molar-refractivity contribution in [2.75, 3.05) is 13.2 Å². The van der Waals surface area contributed by atoms with Gasteiger partial charge < -0.3 is 30.5 Å². The van der Waals surface area contributed by atoms with E-state index in [0.29, 0.717) is 16.7 Å². The van der Waals surface area contributed by atoms with Gasteiger partial charge in [-0.05, 0) is 43.9 Å². The molecule has 0 unspecified atom stereocenters. The van der Waals surface area contributed by atoms with Crippen LogP contribution in [0.15, 0.2) is 48.5 Å². The van der Waals surface area contributed by atoms with Gasteiger partial charge in [0.05, 0.1) is 18.8 Å². The molecule has 10 heteroatoms. The first-order valence-electron chi connectivity index (χ1n) is 13.0. The van der Waals surface area contributed by atoms with Crippen LogP contribution >= 0.6 is 0 Å². The van der Waals surface area contributed by atoms with Gasteiger partial charge in [-0.1, -0.05) is 56.3 Å². The molecule has 0 saturated carbocycles. The Balaban J connectivity index is 1.74. The lowest BCUT2D eigenvalue weighted by Gasteiger charge is -2.31. The number of ether oxygens (including phenoxy) is 1. The molecule has 3 amide bonds. The molecule has 0 radical (unpaired) electrons. The van der Waals surface area contributed by atoms with Gasteiger partial charge in [-0.2, -0.15) is 0 Å². The van der Waals surface area contributed by atoms with E-state index in [0.717, 1.165) is 0 Å². The molecule has 2 aromatic carbocycles. The number of nitrogens with one attached hydrogen (secondary N) is 2. The van der Waals surface area contributed by atoms with Crippen LogP contribution in [0.2, 0.25) is 0 Å². The van der Waals surface area contributed by atoms with E-state index >= 15 is 0 Å². The van der Waals surface area contributed by atoms with Gasteiger partial charge in [0.25, 0.3) is 0 Å². The molecule has 0 aliphatic carbocycles. The highest BCUT2D eigenvalue weighted by Crippen LogP contribution is 2.26. The number of nitrogens with zero attached hydrogens (tertiary/aromatic N) is 1. The predicted molar refractivity (Wildman–Crippen MR) is 144 cm³/mol. The minimum absolute atomic E-state index is 0.0131. The number of carbonyl (C=O) groups is 3. The summed E-state index contributed by atoms with van der Waals surface area (Å²) in [5.41, 5.74) is 0.914. The van der Waals surface area contributed by atoms with Gasteiger partial charge in [-0.15, -0.1) is 0 Å². The maximum atomic E-state index is 14.1. The highest BCUT2D eigenvalue weighted by atomic mass is 19.1. The third-order valence-electron chi connectivity index (χ3n) is 6.47. The van der Waals surface area contributed by atoms with E-state index in [-0.39, 0.29) is 24.7 Å². The molecule has 9 nitrogen and oxygen atoms in total. The Morgan fingerprint density at radius 3 is 2.28 bits per heavy atom. The summed E-state index contributed by atoms with van der Waals surface area (Å²) in [5.74, 6) is -1.73. The summed E-state index contributed by atoms with van der Waals surface area (Å²) >= 11 is 0. The number of likely N-dealkylation sites (tertiary alicyclic amines) is 1. The fourth-order valence-electron chi connectivity index (χ4n) is 4.53. The molecule has 212 valence electrons. The van der Waals surface area contributed by atoms with Crippen molar-refractivity contribution < 1.29 is 33.7 Å². The smallest absolute Gasteiger partial charge is 0.408 e. The SMILES string of the molecule is CC(C)[C@H](NC(=O)OC(C)(C)C)C(=O)N1C[C@H](O)C[C@H]1C(=O)N[C@@H](CO)c1ccc(-c2ccccc2F)cc1. The second kappa shape index (κ2) is 12.6. The van der Waals surface area contributed by atoms with Crippen molar-refractivity contribution in [1.82, 2.24) is 15.5 Å². The minimum Gasteiger partial charge on any atom is -0.444 e. The lowest BCUT2D eigenvalue weighted by Crippen LogP contribution is -2.56. The molecule has 4 N–H and O–H groups in total. The van der Waals surface area contributed by atoms with Crippen LogP contribution in [0, 0.1) is 11.7 Å². The van der Waals surface area contributed by atoms with Crippen molar-refractivity contribution in [3.63, 3.8) is 0 Å². The third kappa shape index (κ3) is 7.77. The maximum Gasteiger partial charge on any atom is 0.408 e. The summed E-state index contributed by atoms with van der Waals surface area (Å²) in [5, 5.41) is 25.7. The van der Waals surface area contributed by atoms with Gasteiger partial charge in [-0.3, -0.25) is 9.59 Å². The Labute approximate surface area is 228 Å². The fraction of sp³-hybridized carbons (Fsp3) is 0.483. The summed E-state index contributed by atoms with van der Waals surface area (Å²) in [7, 11) is 0. The number of β-amino-alcohol motifs (C(OH)–C–C–N with tert-alkyl or cyclic N) is 1. The van der Waals surface area contributed by atoms with Crippen LogP contribution in [0.5, 0.6) is 0 Å². The Morgan fingerprint density at radius 2 is 1.72 bits per heavy atom. The van der Waals surface area contributed by atoms with Crippen molar-refractivity contribution in [1.29, 1.82) is 0 Å². The van der Waals surface area contributed by atoms with Gasteiger partial charge in [0.15, 0.2) is 0 Å². The Bertz CT molecular complexity index is 1160. The molecule has 1 aliphatic heterocycles. The molecule has 1 saturated heterocycles. The summed E-state index contributed by atoms with van der Waals surface area (Å²) in [6, 6.07) is 10.4. The minimum atomic E-state index is -0.999. The molecule has 0 spiro atoms. The average Bonchev–Trinajstić information content (AvgIpc) is 3.26. The van der Waals surface area contributed by atoms with E-state index in [1.165, 1.54) is 11.0 Å². The van der Waals surface area contributed by atoms with Gasteiger partial charge in [0, 0.05) is 18.5 Å². The quantitative estimate of drug-likeness (QED) is 0.405. The second-order valence-corrected chi connectivity index (χ2v) is 11.1. The summed E-state index contributed by atoms with van der Waals surface area (Å²) in [4.78, 5) is 40.4. The first-order valence-corrected chi connectivity index (χ1v) is 13.0. The van der Waals surface area contributed by atoms with Crippen molar-refractivity contribution >= 4 is 17.9 Å². The van der Waals surface area contributed by atoms with E-state index in [1.807, 2.05) is 0 Å². The fourth-order valence-corrected chi connectivity index (χ4v) is 4.53. The first kappa shape index (κ1) is 30.0. The molecular weight excluding hydrogens is 505 g/mol. The van der Waals surface area contributed by atoms with Crippen LogP contribution in [0.1, 0.15) is 52.6 Å². The van der Waals surface area contributed by atoms with Crippen molar-refractivity contribution in [2.45, 2.75) is 70.9 Å². The van der Waals surface area contributed by atoms with E-state index in [2.05, 4.69) is 10.6 Å². The molecule has 1 fully saturated rings. The monoisotopic (exact) mass is 543 g/mol. The van der Waals surface area contributed by atoms with Crippen LogP contribution in [0.3, 0.4) is 0 Å². The lowest BCUT2D eigenvalue weighted by molar-refractivity contribution is -0.141. The summed E-state index contributed by atoms with van der Waals surface area (Å²) in [6.07, 6.45) is -1.67. The van der Waals surface area contributed by atoms with Crippen LogP contribution in [-0.2, 0) is 14.3 Å². The number of halogens is 1. The molecule has 39 heavy (non-hydrogen) atoms. The van der Waals surface area contributed by atoms with Crippen LogP contribution in [0.4, 0.5) is 9.18 Å². The third-order valence-corrected chi connectivity index (χ3v) is 6.47. The number of alkyl carbamates (subject to hydrolysis) is 1. The van der Waals surface area contributed by atoms with Crippen molar-refractivity contribution in [3.05, 3.63) is 59.9 Å². The number of hydrogen-bond acceptors (Lipinski definition) is 6. The first-order chi connectivity index (χ1) is 18.3. The maximum absolute atomic E-state index is 14.1. The zero-order chi connectivity index (χ0) is 28.9. The average molecular weight is 544 g/mol. The largest absolute Gasteiger partial charge is 0.444 e. The van der Waals surface area contributed by atoms with E-state index in [1.54, 1.807) is 77.1 Å². The van der Waals surface area contributed by atoms with Gasteiger partial charge >= 0.3 is 6.09 Å². The van der Waals surface area contributed by atoms with Crippen LogP contribution in [0.25, 0.3) is 11.1 Å². The number of aliphatic hydroxyl groups is 2. The van der Waals surface area contributed by atoms with Gasteiger partial charge in [-0.25, -0.2) is 9.18 Å². The lowest BCUT2D eigenvalue weighted by atomic mass is 10.00. The van der Waals surface area contributed by atoms with Crippen molar-refractivity contribution in [3.8, 4) is 11.1 Å². The molecule has 0 bridgehead atoms. The number of amides is 3.